The second-order valence-electron chi connectivity index (χ2n) is 4.77. The van der Waals surface area contributed by atoms with Crippen molar-refractivity contribution in [1.29, 1.82) is 0 Å². The van der Waals surface area contributed by atoms with Gasteiger partial charge in [0.05, 0.1) is 19.2 Å². The summed E-state index contributed by atoms with van der Waals surface area (Å²) in [5, 5.41) is 7.92. The van der Waals surface area contributed by atoms with E-state index in [1.54, 1.807) is 25.4 Å². The van der Waals surface area contributed by atoms with Crippen molar-refractivity contribution in [1.82, 2.24) is 24.6 Å². The number of carbonyl (C=O) groups excluding carboxylic acids is 1. The first-order chi connectivity index (χ1) is 8.97. The molecule has 7 heteroatoms. The Labute approximate surface area is 114 Å². The molecule has 1 heterocycles. The third-order valence-electron chi connectivity index (χ3n) is 3.12. The number of carbonyl (C=O) groups is 1. The van der Waals surface area contributed by atoms with E-state index in [-0.39, 0.29) is 11.9 Å². The molecule has 19 heavy (non-hydrogen) atoms. The summed E-state index contributed by atoms with van der Waals surface area (Å²) in [6.45, 7) is 3.61. The highest BCUT2D eigenvalue weighted by atomic mass is 16.5. The van der Waals surface area contributed by atoms with Crippen molar-refractivity contribution in [2.45, 2.75) is 26.1 Å². The number of likely N-dealkylation sites (N-methyl/N-ethyl adjacent to an activating group) is 2. The molecule has 1 aromatic rings. The molecular weight excluding hydrogens is 246 g/mol. The first-order valence-corrected chi connectivity index (χ1v) is 6.24. The van der Waals surface area contributed by atoms with Crippen LogP contribution in [0.4, 0.5) is 0 Å². The molecule has 1 rings (SSSR count). The quantitative estimate of drug-likeness (QED) is 0.688. The molecule has 108 valence electrons. The first-order valence-electron chi connectivity index (χ1n) is 6.24. The van der Waals surface area contributed by atoms with Gasteiger partial charge in [-0.1, -0.05) is 0 Å². The predicted octanol–water partition coefficient (Wildman–Crippen LogP) is -0.167. The molecule has 0 aliphatic heterocycles. The monoisotopic (exact) mass is 269 g/mol. The zero-order valence-electron chi connectivity index (χ0n) is 12.3. The van der Waals surface area contributed by atoms with Crippen molar-refractivity contribution in [3.05, 3.63) is 12.2 Å². The van der Waals surface area contributed by atoms with Gasteiger partial charge in [-0.05, 0) is 21.0 Å². The van der Waals surface area contributed by atoms with Crippen molar-refractivity contribution < 1.29 is 9.53 Å². The Morgan fingerprint density at radius 2 is 2.16 bits per heavy atom. The molecule has 0 N–H and O–H groups in total. The highest BCUT2D eigenvalue weighted by molar-refractivity contribution is 5.81. The van der Waals surface area contributed by atoms with Gasteiger partial charge in [0, 0.05) is 20.7 Å². The van der Waals surface area contributed by atoms with Crippen molar-refractivity contribution >= 4 is 5.91 Å². The van der Waals surface area contributed by atoms with Crippen LogP contribution in [-0.4, -0.2) is 71.4 Å². The van der Waals surface area contributed by atoms with Gasteiger partial charge in [0.1, 0.15) is 6.33 Å². The molecule has 0 saturated heterocycles. The number of rotatable bonds is 7. The first kappa shape index (κ1) is 15.6. The number of nitrogens with zero attached hydrogens (tertiary/aromatic N) is 5. The van der Waals surface area contributed by atoms with Crippen molar-refractivity contribution in [3.8, 4) is 0 Å². The van der Waals surface area contributed by atoms with Gasteiger partial charge in [0.15, 0.2) is 5.82 Å². The van der Waals surface area contributed by atoms with Crippen LogP contribution in [0.3, 0.4) is 0 Å². The van der Waals surface area contributed by atoms with E-state index >= 15 is 0 Å². The molecule has 1 unspecified atom stereocenters. The second-order valence-corrected chi connectivity index (χ2v) is 4.77. The Hall–Kier alpha value is -1.47. The van der Waals surface area contributed by atoms with Gasteiger partial charge in [-0.25, -0.2) is 0 Å². The number of methoxy groups -OCH3 is 1. The van der Waals surface area contributed by atoms with Gasteiger partial charge in [-0.2, -0.15) is 0 Å². The van der Waals surface area contributed by atoms with Crippen LogP contribution >= 0.6 is 0 Å². The fourth-order valence-electron chi connectivity index (χ4n) is 1.61. The molecular formula is C12H23N5O2. The van der Waals surface area contributed by atoms with Crippen LogP contribution in [0.2, 0.25) is 0 Å². The summed E-state index contributed by atoms with van der Waals surface area (Å²) in [5.41, 5.74) is 0. The molecule has 0 saturated carbocycles. The highest BCUT2D eigenvalue weighted by Crippen LogP contribution is 2.04. The van der Waals surface area contributed by atoms with E-state index in [0.29, 0.717) is 19.7 Å². The smallest absolute Gasteiger partial charge is 0.239 e. The lowest BCUT2D eigenvalue weighted by molar-refractivity contribution is -0.134. The Morgan fingerprint density at radius 3 is 2.74 bits per heavy atom. The third-order valence-corrected chi connectivity index (χ3v) is 3.12. The lowest BCUT2D eigenvalue weighted by atomic mass is 10.2. The number of hydrogen-bond donors (Lipinski definition) is 0. The maximum Gasteiger partial charge on any atom is 0.239 e. The van der Waals surface area contributed by atoms with E-state index in [1.807, 2.05) is 30.5 Å². The molecule has 0 aliphatic carbocycles. The van der Waals surface area contributed by atoms with Crippen LogP contribution in [0.1, 0.15) is 12.7 Å². The molecule has 0 bridgehead atoms. The van der Waals surface area contributed by atoms with E-state index in [1.165, 1.54) is 0 Å². The van der Waals surface area contributed by atoms with Gasteiger partial charge in [-0.15, -0.1) is 10.2 Å². The molecule has 0 radical (unpaired) electrons. The molecule has 1 atom stereocenters. The zero-order chi connectivity index (χ0) is 14.4. The summed E-state index contributed by atoms with van der Waals surface area (Å²) in [7, 11) is 7.20. The van der Waals surface area contributed by atoms with Crippen LogP contribution in [0, 0.1) is 0 Å². The lowest BCUT2D eigenvalue weighted by Crippen LogP contribution is -2.42. The molecule has 0 spiro atoms. The summed E-state index contributed by atoms with van der Waals surface area (Å²) < 4.78 is 6.93. The van der Waals surface area contributed by atoms with Crippen LogP contribution in [0.25, 0.3) is 0 Å². The van der Waals surface area contributed by atoms with Crippen LogP contribution in [0.15, 0.2) is 6.33 Å². The number of ether oxygens (including phenoxy) is 1. The maximum absolute atomic E-state index is 12.1. The van der Waals surface area contributed by atoms with E-state index in [4.69, 9.17) is 4.74 Å². The fourth-order valence-corrected chi connectivity index (χ4v) is 1.61. The summed E-state index contributed by atoms with van der Waals surface area (Å²) in [6, 6.07) is -0.152. The van der Waals surface area contributed by atoms with E-state index in [2.05, 4.69) is 10.2 Å². The van der Waals surface area contributed by atoms with Crippen molar-refractivity contribution in [3.63, 3.8) is 0 Å². The highest BCUT2D eigenvalue weighted by Gasteiger charge is 2.20. The van der Waals surface area contributed by atoms with E-state index in [0.717, 1.165) is 5.82 Å². The Bertz CT molecular complexity index is 405. The average Bonchev–Trinajstić information content (AvgIpc) is 2.81. The molecule has 0 aliphatic rings. The topological polar surface area (TPSA) is 63.5 Å². The molecule has 0 fully saturated rings. The van der Waals surface area contributed by atoms with Gasteiger partial charge in [0.25, 0.3) is 0 Å². The minimum absolute atomic E-state index is 0.0614. The van der Waals surface area contributed by atoms with E-state index < -0.39 is 0 Å². The SMILES string of the molecule is COCCn1cnnc1CN(C)C(=O)C(C)N(C)C. The summed E-state index contributed by atoms with van der Waals surface area (Å²) in [5.74, 6) is 0.824. The molecule has 1 aromatic heterocycles. The standard InChI is InChI=1S/C12H23N5O2/c1-10(15(2)3)12(18)16(4)8-11-14-13-9-17(11)6-7-19-5/h9-10H,6-8H2,1-5H3. The van der Waals surface area contributed by atoms with Gasteiger partial charge in [0.2, 0.25) is 5.91 Å². The lowest BCUT2D eigenvalue weighted by Gasteiger charge is -2.25. The number of amides is 1. The van der Waals surface area contributed by atoms with Crippen LogP contribution < -0.4 is 0 Å². The summed E-state index contributed by atoms with van der Waals surface area (Å²) >= 11 is 0. The second kappa shape index (κ2) is 7.20. The van der Waals surface area contributed by atoms with Gasteiger partial charge < -0.3 is 14.2 Å². The van der Waals surface area contributed by atoms with Crippen LogP contribution in [0.5, 0.6) is 0 Å². The van der Waals surface area contributed by atoms with Crippen molar-refractivity contribution in [2.75, 3.05) is 34.9 Å². The minimum atomic E-state index is -0.152. The minimum Gasteiger partial charge on any atom is -0.383 e. The predicted molar refractivity (Wildman–Crippen MR) is 71.5 cm³/mol. The van der Waals surface area contributed by atoms with Crippen LogP contribution in [-0.2, 0) is 22.6 Å². The number of aromatic nitrogens is 3. The number of hydrogen-bond acceptors (Lipinski definition) is 5. The van der Waals surface area contributed by atoms with Gasteiger partial charge in [-0.3, -0.25) is 9.69 Å². The largest absolute Gasteiger partial charge is 0.383 e. The van der Waals surface area contributed by atoms with Gasteiger partial charge >= 0.3 is 0 Å². The molecule has 7 nitrogen and oxygen atoms in total. The Morgan fingerprint density at radius 1 is 1.47 bits per heavy atom. The maximum atomic E-state index is 12.1. The molecule has 1 amide bonds. The normalized spacial score (nSPS) is 12.7. The average molecular weight is 269 g/mol. The molecule has 0 aromatic carbocycles. The Balaban J connectivity index is 2.63. The zero-order valence-corrected chi connectivity index (χ0v) is 12.3. The summed E-state index contributed by atoms with van der Waals surface area (Å²) in [4.78, 5) is 15.7. The fraction of sp³-hybridized carbons (Fsp3) is 0.750. The van der Waals surface area contributed by atoms with E-state index in [9.17, 15) is 4.79 Å². The Kier molecular flexibility index (Phi) is 5.91. The third kappa shape index (κ3) is 4.29. The summed E-state index contributed by atoms with van der Waals surface area (Å²) in [6.07, 6.45) is 1.65. The van der Waals surface area contributed by atoms with Crippen molar-refractivity contribution in [2.24, 2.45) is 0 Å².